The molecule has 0 atom stereocenters. The van der Waals surface area contributed by atoms with Crippen molar-refractivity contribution in [1.82, 2.24) is 4.98 Å². The largest absolute Gasteiger partial charge is 0.354 e. The fourth-order valence-electron chi connectivity index (χ4n) is 2.78. The highest BCUT2D eigenvalue weighted by Crippen LogP contribution is 2.32. The van der Waals surface area contributed by atoms with E-state index < -0.39 is 0 Å². The summed E-state index contributed by atoms with van der Waals surface area (Å²) < 4.78 is 1.28. The van der Waals surface area contributed by atoms with Crippen molar-refractivity contribution in [2.75, 3.05) is 6.54 Å². The number of benzene rings is 2. The molecule has 0 aliphatic rings. The molecule has 0 amide bonds. The Morgan fingerprint density at radius 1 is 1.00 bits per heavy atom. The monoisotopic (exact) mass is 390 g/mol. The minimum atomic E-state index is 0.764. The van der Waals surface area contributed by atoms with Crippen molar-refractivity contribution in [2.24, 2.45) is 5.73 Å². The summed E-state index contributed by atoms with van der Waals surface area (Å²) in [5.41, 5.74) is 10.8. The van der Waals surface area contributed by atoms with Gasteiger partial charge in [0, 0.05) is 20.2 Å². The smallest absolute Gasteiger partial charge is 0.0497 e. The first-order valence-electron chi connectivity index (χ1n) is 7.35. The summed E-state index contributed by atoms with van der Waals surface area (Å²) >= 11 is 2.38. The molecule has 0 radical (unpaired) electrons. The summed E-state index contributed by atoms with van der Waals surface area (Å²) in [6.07, 6.45) is 3.28. The Morgan fingerprint density at radius 2 is 1.81 bits per heavy atom. The predicted octanol–water partition coefficient (Wildman–Crippen LogP) is 4.72. The highest BCUT2D eigenvalue weighted by molar-refractivity contribution is 14.1. The van der Waals surface area contributed by atoms with Crippen LogP contribution >= 0.6 is 22.6 Å². The van der Waals surface area contributed by atoms with Crippen molar-refractivity contribution >= 4 is 33.5 Å². The zero-order chi connectivity index (χ0) is 14.7. The fourth-order valence-corrected chi connectivity index (χ4v) is 3.27. The summed E-state index contributed by atoms with van der Waals surface area (Å²) in [5.74, 6) is 0. The summed E-state index contributed by atoms with van der Waals surface area (Å²) in [4.78, 5) is 3.60. The second kappa shape index (κ2) is 6.62. The maximum atomic E-state index is 5.64. The molecule has 0 spiro atoms. The molecule has 1 heterocycles. The lowest BCUT2D eigenvalue weighted by Crippen LogP contribution is -1.99. The minimum Gasteiger partial charge on any atom is -0.354 e. The van der Waals surface area contributed by atoms with Gasteiger partial charge in [-0.05, 0) is 77.7 Å². The third-order valence-electron chi connectivity index (χ3n) is 3.81. The summed E-state index contributed by atoms with van der Waals surface area (Å²) in [6.45, 7) is 0.764. The van der Waals surface area contributed by atoms with Gasteiger partial charge in [-0.1, -0.05) is 30.3 Å². The topological polar surface area (TPSA) is 41.8 Å². The Labute approximate surface area is 138 Å². The zero-order valence-corrected chi connectivity index (χ0v) is 14.1. The van der Waals surface area contributed by atoms with Gasteiger partial charge in [0.15, 0.2) is 0 Å². The predicted molar refractivity (Wildman–Crippen MR) is 98.4 cm³/mol. The van der Waals surface area contributed by atoms with Crippen LogP contribution in [-0.4, -0.2) is 11.5 Å². The van der Waals surface area contributed by atoms with Crippen molar-refractivity contribution in [3.05, 3.63) is 57.7 Å². The molecular weight excluding hydrogens is 371 g/mol. The van der Waals surface area contributed by atoms with E-state index in [1.807, 2.05) is 0 Å². The van der Waals surface area contributed by atoms with Gasteiger partial charge in [-0.2, -0.15) is 0 Å². The zero-order valence-electron chi connectivity index (χ0n) is 11.9. The Hall–Kier alpha value is -1.33. The van der Waals surface area contributed by atoms with Gasteiger partial charge >= 0.3 is 0 Å². The van der Waals surface area contributed by atoms with Gasteiger partial charge in [-0.3, -0.25) is 0 Å². The lowest BCUT2D eigenvalue weighted by molar-refractivity contribution is 0.748. The van der Waals surface area contributed by atoms with E-state index in [-0.39, 0.29) is 0 Å². The lowest BCUT2D eigenvalue weighted by Gasteiger charge is -2.05. The molecule has 3 rings (SSSR count). The first-order valence-corrected chi connectivity index (χ1v) is 8.43. The van der Waals surface area contributed by atoms with E-state index in [2.05, 4.69) is 76.1 Å². The number of hydrogen-bond donors (Lipinski definition) is 2. The quantitative estimate of drug-likeness (QED) is 0.481. The van der Waals surface area contributed by atoms with E-state index >= 15 is 0 Å². The maximum Gasteiger partial charge on any atom is 0.0497 e. The number of fused-ring (bicyclic) bond motifs is 1. The molecular formula is C18H19IN2. The number of H-pyrrole nitrogens is 1. The van der Waals surface area contributed by atoms with Crippen LogP contribution in [0.5, 0.6) is 0 Å². The van der Waals surface area contributed by atoms with Crippen LogP contribution in [0, 0.1) is 3.57 Å². The summed E-state index contributed by atoms with van der Waals surface area (Å²) in [5, 5.41) is 1.35. The molecule has 3 aromatic rings. The Kier molecular flexibility index (Phi) is 4.60. The first kappa shape index (κ1) is 14.6. The molecule has 108 valence electrons. The normalized spacial score (nSPS) is 11.1. The van der Waals surface area contributed by atoms with Gasteiger partial charge in [0.1, 0.15) is 0 Å². The summed E-state index contributed by atoms with van der Waals surface area (Å²) in [7, 11) is 0. The number of halogens is 1. The van der Waals surface area contributed by atoms with Crippen LogP contribution in [0.25, 0.3) is 22.2 Å². The second-order valence-electron chi connectivity index (χ2n) is 5.28. The average molecular weight is 390 g/mol. The van der Waals surface area contributed by atoms with Gasteiger partial charge < -0.3 is 10.7 Å². The van der Waals surface area contributed by atoms with Crippen molar-refractivity contribution in [3.8, 4) is 11.3 Å². The average Bonchev–Trinajstić information content (AvgIpc) is 2.87. The Balaban J connectivity index is 2.11. The number of nitrogens with two attached hydrogens (primary N) is 1. The lowest BCUT2D eigenvalue weighted by atomic mass is 10.0. The van der Waals surface area contributed by atoms with Gasteiger partial charge in [0.2, 0.25) is 0 Å². The summed E-state index contributed by atoms with van der Waals surface area (Å²) in [6, 6.07) is 17.2. The minimum absolute atomic E-state index is 0.764. The highest BCUT2D eigenvalue weighted by atomic mass is 127. The van der Waals surface area contributed by atoms with Gasteiger partial charge in [0.25, 0.3) is 0 Å². The maximum absolute atomic E-state index is 5.64. The number of rotatable bonds is 5. The van der Waals surface area contributed by atoms with E-state index in [4.69, 9.17) is 5.73 Å². The first-order chi connectivity index (χ1) is 10.3. The molecule has 1 aromatic heterocycles. The van der Waals surface area contributed by atoms with Gasteiger partial charge in [-0.15, -0.1) is 0 Å². The molecule has 0 unspecified atom stereocenters. The molecule has 0 fully saturated rings. The number of aromatic nitrogens is 1. The second-order valence-corrected chi connectivity index (χ2v) is 6.53. The van der Waals surface area contributed by atoms with E-state index in [1.165, 1.54) is 31.3 Å². The van der Waals surface area contributed by atoms with Crippen LogP contribution < -0.4 is 5.73 Å². The van der Waals surface area contributed by atoms with Crippen LogP contribution in [0.4, 0.5) is 0 Å². The molecule has 0 saturated heterocycles. The van der Waals surface area contributed by atoms with Crippen molar-refractivity contribution in [1.29, 1.82) is 0 Å². The van der Waals surface area contributed by atoms with E-state index in [9.17, 15) is 0 Å². The molecule has 2 nitrogen and oxygen atoms in total. The van der Waals surface area contributed by atoms with Crippen LogP contribution in [0.15, 0.2) is 48.5 Å². The third-order valence-corrected chi connectivity index (χ3v) is 4.48. The molecule has 0 bridgehead atoms. The van der Waals surface area contributed by atoms with Crippen LogP contribution in [0.1, 0.15) is 18.4 Å². The Bertz CT molecular complexity index is 732. The SMILES string of the molecule is NCCCCc1c(-c2ccccc2)[nH]c2ccc(I)cc12. The van der Waals surface area contributed by atoms with E-state index in [0.717, 1.165) is 25.8 Å². The highest BCUT2D eigenvalue weighted by Gasteiger charge is 2.12. The molecule has 3 heteroatoms. The van der Waals surface area contributed by atoms with Crippen LogP contribution in [0.2, 0.25) is 0 Å². The molecule has 0 aliphatic heterocycles. The Morgan fingerprint density at radius 3 is 2.57 bits per heavy atom. The van der Waals surface area contributed by atoms with E-state index in [1.54, 1.807) is 0 Å². The number of unbranched alkanes of at least 4 members (excludes halogenated alkanes) is 1. The molecule has 0 aliphatic carbocycles. The van der Waals surface area contributed by atoms with E-state index in [0.29, 0.717) is 0 Å². The molecule has 21 heavy (non-hydrogen) atoms. The third kappa shape index (κ3) is 3.14. The van der Waals surface area contributed by atoms with Gasteiger partial charge in [0.05, 0.1) is 0 Å². The number of aromatic amines is 1. The molecule has 2 aromatic carbocycles. The fraction of sp³-hybridized carbons (Fsp3) is 0.222. The molecule has 3 N–H and O–H groups in total. The van der Waals surface area contributed by atoms with Crippen LogP contribution in [-0.2, 0) is 6.42 Å². The van der Waals surface area contributed by atoms with Crippen LogP contribution in [0.3, 0.4) is 0 Å². The molecule has 0 saturated carbocycles. The standard InChI is InChI=1S/C18H19IN2/c19-14-9-10-17-16(12-14)15(8-4-5-11-20)18(21-17)13-6-2-1-3-7-13/h1-3,6-7,9-10,12,21H,4-5,8,11,20H2. The number of hydrogen-bond acceptors (Lipinski definition) is 1. The van der Waals surface area contributed by atoms with Crippen molar-refractivity contribution in [3.63, 3.8) is 0 Å². The van der Waals surface area contributed by atoms with Crippen molar-refractivity contribution < 1.29 is 0 Å². The van der Waals surface area contributed by atoms with Gasteiger partial charge in [-0.25, -0.2) is 0 Å². The number of nitrogens with one attached hydrogen (secondary N) is 1. The number of aryl methyl sites for hydroxylation is 1. The van der Waals surface area contributed by atoms with Crippen molar-refractivity contribution in [2.45, 2.75) is 19.3 Å².